The van der Waals surface area contributed by atoms with E-state index < -0.39 is 0 Å². The van der Waals surface area contributed by atoms with Crippen LogP contribution in [0.1, 0.15) is 27.3 Å². The molecule has 4 aromatic rings. The summed E-state index contributed by atoms with van der Waals surface area (Å²) in [7, 11) is 0. The van der Waals surface area contributed by atoms with Crippen molar-refractivity contribution in [2.24, 2.45) is 0 Å². The summed E-state index contributed by atoms with van der Waals surface area (Å²) in [6, 6.07) is 17.7. The van der Waals surface area contributed by atoms with E-state index >= 15 is 0 Å². The molecule has 0 saturated carbocycles. The molecule has 1 unspecified atom stereocenters. The average molecular weight is 475 g/mol. The molecular formula is C26H26N4O3S. The lowest BCUT2D eigenvalue weighted by molar-refractivity contribution is 0.0777. The van der Waals surface area contributed by atoms with Crippen LogP contribution in [0, 0.1) is 20.8 Å². The Kier molecular flexibility index (Phi) is 6.15. The summed E-state index contributed by atoms with van der Waals surface area (Å²) in [5.74, 6) is 1.87. The lowest BCUT2D eigenvalue weighted by Crippen LogP contribution is -2.33. The van der Waals surface area contributed by atoms with Crippen molar-refractivity contribution in [2.75, 3.05) is 12.4 Å². The maximum Gasteiger partial charge on any atom is 0.196 e. The van der Waals surface area contributed by atoms with Gasteiger partial charge in [0.05, 0.1) is 18.0 Å². The number of carbonyl (C=O) groups excluding carboxylic acids is 1. The Balaban J connectivity index is 1.28. The molecule has 0 bridgehead atoms. The van der Waals surface area contributed by atoms with Gasteiger partial charge in [-0.2, -0.15) is 0 Å². The fraction of sp³-hybridized carbons (Fsp3) is 0.269. The van der Waals surface area contributed by atoms with Crippen molar-refractivity contribution < 1.29 is 14.3 Å². The van der Waals surface area contributed by atoms with Gasteiger partial charge in [-0.1, -0.05) is 42.1 Å². The van der Waals surface area contributed by atoms with E-state index in [0.717, 1.165) is 39.7 Å². The van der Waals surface area contributed by atoms with Gasteiger partial charge in [-0.25, -0.2) is 0 Å². The second-order valence-electron chi connectivity index (χ2n) is 8.37. The molecule has 34 heavy (non-hydrogen) atoms. The van der Waals surface area contributed by atoms with Gasteiger partial charge in [0.15, 0.2) is 28.5 Å². The summed E-state index contributed by atoms with van der Waals surface area (Å²) < 4.78 is 16.0. The summed E-state index contributed by atoms with van der Waals surface area (Å²) in [5, 5.41) is 8.98. The van der Waals surface area contributed by atoms with Crippen molar-refractivity contribution in [1.29, 1.82) is 0 Å². The molecule has 0 amide bonds. The van der Waals surface area contributed by atoms with Gasteiger partial charge in [0.1, 0.15) is 12.9 Å². The SMILES string of the molecule is Cc1ccccc1-n1cnnc1SCC(=O)c1cc(C)n(CC2COc3ccccc3O2)c1C. The number of para-hydroxylation sites is 3. The van der Waals surface area contributed by atoms with Crippen molar-refractivity contribution in [2.45, 2.75) is 38.6 Å². The Morgan fingerprint density at radius 3 is 2.68 bits per heavy atom. The predicted molar refractivity (Wildman–Crippen MR) is 131 cm³/mol. The molecule has 8 heteroatoms. The number of ketones is 1. The number of fused-ring (bicyclic) bond motifs is 1. The number of rotatable bonds is 7. The van der Waals surface area contributed by atoms with Crippen LogP contribution in [0.25, 0.3) is 5.69 Å². The van der Waals surface area contributed by atoms with E-state index in [1.807, 2.05) is 79.9 Å². The number of Topliss-reactive ketones (excluding diaryl/α,β-unsaturated/α-hetero) is 1. The number of aryl methyl sites for hydroxylation is 2. The third-order valence-corrected chi connectivity index (χ3v) is 6.99. The summed E-state index contributed by atoms with van der Waals surface area (Å²) in [6.07, 6.45) is 1.57. The van der Waals surface area contributed by atoms with Crippen LogP contribution < -0.4 is 9.47 Å². The predicted octanol–water partition coefficient (Wildman–Crippen LogP) is 4.81. The highest BCUT2D eigenvalue weighted by molar-refractivity contribution is 7.99. The molecule has 0 spiro atoms. The molecule has 1 aliphatic heterocycles. The molecule has 0 radical (unpaired) electrons. The fourth-order valence-electron chi connectivity index (χ4n) is 4.25. The number of hydrogen-bond acceptors (Lipinski definition) is 6. The second-order valence-corrected chi connectivity index (χ2v) is 9.32. The van der Waals surface area contributed by atoms with Crippen LogP contribution in [-0.4, -0.2) is 43.6 Å². The van der Waals surface area contributed by atoms with E-state index in [1.165, 1.54) is 11.8 Å². The summed E-state index contributed by atoms with van der Waals surface area (Å²) in [5.41, 5.74) is 4.82. The molecular weight excluding hydrogens is 448 g/mol. The van der Waals surface area contributed by atoms with Crippen LogP contribution in [0.15, 0.2) is 66.1 Å². The Bertz CT molecular complexity index is 1340. The molecule has 2 aromatic heterocycles. The third-order valence-electron chi connectivity index (χ3n) is 6.05. The lowest BCUT2D eigenvalue weighted by Gasteiger charge is -2.27. The van der Waals surface area contributed by atoms with E-state index in [2.05, 4.69) is 14.8 Å². The number of nitrogens with zero attached hydrogens (tertiary/aromatic N) is 4. The Hall–Kier alpha value is -3.52. The molecule has 0 aliphatic carbocycles. The van der Waals surface area contributed by atoms with Crippen LogP contribution in [-0.2, 0) is 6.54 Å². The first-order chi connectivity index (χ1) is 16.5. The first-order valence-electron chi connectivity index (χ1n) is 11.2. The summed E-state index contributed by atoms with van der Waals surface area (Å²) >= 11 is 1.40. The highest BCUT2D eigenvalue weighted by atomic mass is 32.2. The van der Waals surface area contributed by atoms with Gasteiger partial charge < -0.3 is 14.0 Å². The van der Waals surface area contributed by atoms with E-state index in [9.17, 15) is 4.79 Å². The monoisotopic (exact) mass is 474 g/mol. The average Bonchev–Trinajstić information content (AvgIpc) is 3.42. The van der Waals surface area contributed by atoms with Gasteiger partial charge in [-0.05, 0) is 50.6 Å². The molecule has 7 nitrogen and oxygen atoms in total. The molecule has 5 rings (SSSR count). The third kappa shape index (κ3) is 4.33. The quantitative estimate of drug-likeness (QED) is 0.283. The summed E-state index contributed by atoms with van der Waals surface area (Å²) in [6.45, 7) is 7.14. The minimum Gasteiger partial charge on any atom is -0.486 e. The molecule has 1 atom stereocenters. The maximum atomic E-state index is 13.1. The van der Waals surface area contributed by atoms with Gasteiger partial charge >= 0.3 is 0 Å². The van der Waals surface area contributed by atoms with Crippen molar-refractivity contribution >= 4 is 17.5 Å². The molecule has 3 heterocycles. The van der Waals surface area contributed by atoms with Crippen molar-refractivity contribution in [1.82, 2.24) is 19.3 Å². The minimum atomic E-state index is -0.121. The van der Waals surface area contributed by atoms with Gasteiger partial charge in [-0.15, -0.1) is 10.2 Å². The first kappa shape index (κ1) is 22.3. The van der Waals surface area contributed by atoms with Crippen LogP contribution >= 0.6 is 11.8 Å². The van der Waals surface area contributed by atoms with E-state index in [1.54, 1.807) is 6.33 Å². The van der Waals surface area contributed by atoms with Crippen molar-refractivity contribution in [3.63, 3.8) is 0 Å². The van der Waals surface area contributed by atoms with Crippen LogP contribution in [0.2, 0.25) is 0 Å². The van der Waals surface area contributed by atoms with Gasteiger partial charge in [-0.3, -0.25) is 9.36 Å². The zero-order chi connectivity index (χ0) is 23.7. The molecule has 2 aromatic carbocycles. The summed E-state index contributed by atoms with van der Waals surface area (Å²) in [4.78, 5) is 13.1. The number of hydrogen-bond donors (Lipinski definition) is 0. The standard InChI is InChI=1S/C26H26N4O3S/c1-17-8-4-5-9-22(17)30-16-27-28-26(30)34-15-23(31)21-12-18(2)29(19(21)3)13-20-14-32-24-10-6-7-11-25(24)33-20/h4-12,16,20H,13-15H2,1-3H3. The van der Waals surface area contributed by atoms with Crippen LogP contribution in [0.3, 0.4) is 0 Å². The Labute approximate surface area is 202 Å². The second kappa shape index (κ2) is 9.38. The number of ether oxygens (including phenoxy) is 2. The Morgan fingerprint density at radius 1 is 1.09 bits per heavy atom. The topological polar surface area (TPSA) is 71.2 Å². The van der Waals surface area contributed by atoms with Crippen molar-refractivity contribution in [3.05, 3.63) is 83.4 Å². The molecule has 1 aliphatic rings. The smallest absolute Gasteiger partial charge is 0.196 e. The van der Waals surface area contributed by atoms with E-state index in [4.69, 9.17) is 9.47 Å². The molecule has 0 fully saturated rings. The minimum absolute atomic E-state index is 0.0647. The maximum absolute atomic E-state index is 13.1. The first-order valence-corrected chi connectivity index (χ1v) is 12.2. The highest BCUT2D eigenvalue weighted by Crippen LogP contribution is 2.32. The zero-order valence-corrected chi connectivity index (χ0v) is 20.2. The largest absolute Gasteiger partial charge is 0.486 e. The van der Waals surface area contributed by atoms with Gasteiger partial charge in [0, 0.05) is 17.0 Å². The highest BCUT2D eigenvalue weighted by Gasteiger charge is 2.24. The number of thioether (sulfide) groups is 1. The molecule has 174 valence electrons. The van der Waals surface area contributed by atoms with Crippen LogP contribution in [0.5, 0.6) is 11.5 Å². The fourth-order valence-corrected chi connectivity index (χ4v) is 5.06. The zero-order valence-electron chi connectivity index (χ0n) is 19.4. The van der Waals surface area contributed by atoms with Gasteiger partial charge in [0.25, 0.3) is 0 Å². The number of carbonyl (C=O) groups is 1. The normalized spacial score (nSPS) is 14.9. The van der Waals surface area contributed by atoms with Crippen LogP contribution in [0.4, 0.5) is 0 Å². The molecule has 0 N–H and O–H groups in total. The van der Waals surface area contributed by atoms with Gasteiger partial charge in [0.2, 0.25) is 0 Å². The van der Waals surface area contributed by atoms with E-state index in [-0.39, 0.29) is 17.6 Å². The molecule has 0 saturated heterocycles. The lowest BCUT2D eigenvalue weighted by atomic mass is 10.2. The van der Waals surface area contributed by atoms with Crippen molar-refractivity contribution in [3.8, 4) is 17.2 Å². The Morgan fingerprint density at radius 2 is 1.85 bits per heavy atom. The number of aromatic nitrogens is 4. The number of benzene rings is 2. The van der Waals surface area contributed by atoms with E-state index in [0.29, 0.717) is 18.3 Å².